The molecule has 0 saturated heterocycles. The second-order valence-electron chi connectivity index (χ2n) is 1.26. The van der Waals surface area contributed by atoms with Gasteiger partial charge >= 0.3 is 0 Å². The molecule has 0 spiro atoms. The van der Waals surface area contributed by atoms with Crippen molar-refractivity contribution in [3.05, 3.63) is 36.4 Å². The number of rotatable bonds is 0. The van der Waals surface area contributed by atoms with E-state index in [2.05, 4.69) is 0 Å². The van der Waals surface area contributed by atoms with E-state index in [1.165, 1.54) is 0 Å². The summed E-state index contributed by atoms with van der Waals surface area (Å²) < 4.78 is 0. The summed E-state index contributed by atoms with van der Waals surface area (Å²) in [5.74, 6) is 0. The number of hydrogen-bond donors (Lipinski definition) is 0. The van der Waals surface area contributed by atoms with Gasteiger partial charge in [0.05, 0.1) is 5.34 Å². The number of hydrogen-bond acceptors (Lipinski definition) is 0. The fraction of sp³-hybridized carbons (Fsp3) is 0.143. The van der Waals surface area contributed by atoms with E-state index in [4.69, 9.17) is 23.2 Å². The van der Waals surface area contributed by atoms with Crippen LogP contribution in [0.1, 0.15) is 0 Å². The molecule has 0 aliphatic carbocycles. The summed E-state index contributed by atoms with van der Waals surface area (Å²) in [6, 6.07) is 12.0. The molecule has 0 heterocycles. The van der Waals surface area contributed by atoms with Crippen molar-refractivity contribution in [2.45, 2.75) is 0 Å². The minimum absolute atomic E-state index is 0. The van der Waals surface area contributed by atoms with Gasteiger partial charge in [-0.3, -0.25) is 0 Å². The van der Waals surface area contributed by atoms with Crippen molar-refractivity contribution >= 4 is 23.2 Å². The number of halogens is 2. The van der Waals surface area contributed by atoms with Crippen molar-refractivity contribution in [1.82, 2.24) is 0 Å². The van der Waals surface area contributed by atoms with Gasteiger partial charge in [-0.2, -0.15) is 0 Å². The molecule has 3 heteroatoms. The predicted octanol–water partition coefficient (Wildman–Crippen LogP) is 3.11. The summed E-state index contributed by atoms with van der Waals surface area (Å²) in [7, 11) is 0. The maximum atomic E-state index is 4.76. The largest absolute Gasteiger partial charge is 0.109 e. The van der Waals surface area contributed by atoms with E-state index in [0.29, 0.717) is 0 Å². The van der Waals surface area contributed by atoms with E-state index >= 15 is 0 Å². The molecule has 10 heavy (non-hydrogen) atoms. The van der Waals surface area contributed by atoms with Crippen LogP contribution in [0.5, 0.6) is 0 Å². The molecule has 0 nitrogen and oxygen atoms in total. The van der Waals surface area contributed by atoms with Gasteiger partial charge < -0.3 is 0 Å². The van der Waals surface area contributed by atoms with Crippen LogP contribution >= 0.6 is 23.2 Å². The zero-order chi connectivity index (χ0) is 6.95. The molecule has 0 aromatic heterocycles. The van der Waals surface area contributed by atoms with E-state index in [1.807, 2.05) is 36.4 Å². The first kappa shape index (κ1) is 13.0. The summed E-state index contributed by atoms with van der Waals surface area (Å²) >= 11 is 9.53. The van der Waals surface area contributed by atoms with E-state index < -0.39 is 0 Å². The van der Waals surface area contributed by atoms with E-state index in [0.717, 1.165) is 0 Å². The van der Waals surface area contributed by atoms with Crippen LogP contribution in [0.15, 0.2) is 36.4 Å². The fourth-order valence-corrected chi connectivity index (χ4v) is 0.385. The third-order valence-electron chi connectivity index (χ3n) is 0.667. The SMILES string of the molecule is ClCCl.[Ru].c1ccccc1. The Morgan fingerprint density at radius 1 is 0.700 bits per heavy atom. The Balaban J connectivity index is 0. The normalized spacial score (nSPS) is 6.60. The maximum Gasteiger partial charge on any atom is 0.0967 e. The summed E-state index contributed by atoms with van der Waals surface area (Å²) in [4.78, 5) is 0. The predicted molar refractivity (Wildman–Crippen MR) is 43.0 cm³/mol. The first-order valence-electron chi connectivity index (χ1n) is 2.53. The Kier molecular flexibility index (Phi) is 15.8. The van der Waals surface area contributed by atoms with E-state index in [1.54, 1.807) is 0 Å². The number of alkyl halides is 2. The van der Waals surface area contributed by atoms with Crippen LogP contribution in [0.25, 0.3) is 0 Å². The molecular weight excluding hydrogens is 256 g/mol. The maximum absolute atomic E-state index is 4.76. The van der Waals surface area contributed by atoms with Crippen LogP contribution in [0.2, 0.25) is 0 Å². The molecule has 1 rings (SSSR count). The molecule has 0 unspecified atom stereocenters. The van der Waals surface area contributed by atoms with Crippen LogP contribution < -0.4 is 0 Å². The molecule has 0 aliphatic rings. The standard InChI is InChI=1S/C6H6.CH2Cl2.Ru/c1-2-4-6-5-3-1;2-1-3;/h1-6H;1H2;. The molecule has 0 fully saturated rings. The van der Waals surface area contributed by atoms with Crippen LogP contribution in [-0.4, -0.2) is 5.34 Å². The summed E-state index contributed by atoms with van der Waals surface area (Å²) in [6.45, 7) is 0. The van der Waals surface area contributed by atoms with Crippen LogP contribution in [0, 0.1) is 0 Å². The van der Waals surface area contributed by atoms with Gasteiger partial charge in [0.25, 0.3) is 0 Å². The average Bonchev–Trinajstić information content (AvgIpc) is 1.93. The Bertz CT molecular complexity index is 94.5. The van der Waals surface area contributed by atoms with Crippen molar-refractivity contribution in [3.63, 3.8) is 0 Å². The van der Waals surface area contributed by atoms with Gasteiger partial charge in [-0.1, -0.05) is 36.4 Å². The van der Waals surface area contributed by atoms with Crippen molar-refractivity contribution in [3.8, 4) is 0 Å². The smallest absolute Gasteiger partial charge is 0.0967 e. The topological polar surface area (TPSA) is 0 Å². The fourth-order valence-electron chi connectivity index (χ4n) is 0.385. The van der Waals surface area contributed by atoms with Crippen molar-refractivity contribution in [2.75, 3.05) is 5.34 Å². The van der Waals surface area contributed by atoms with Gasteiger partial charge in [0.15, 0.2) is 0 Å². The third kappa shape index (κ3) is 11.3. The van der Waals surface area contributed by atoms with Crippen molar-refractivity contribution in [2.24, 2.45) is 0 Å². The van der Waals surface area contributed by atoms with E-state index in [-0.39, 0.29) is 24.8 Å². The van der Waals surface area contributed by atoms with Crippen molar-refractivity contribution < 1.29 is 19.5 Å². The first-order chi connectivity index (χ1) is 4.41. The molecule has 1 aromatic carbocycles. The molecular formula is C7H8Cl2Ru. The average molecular weight is 264 g/mol. The van der Waals surface area contributed by atoms with Gasteiger partial charge in [0, 0.05) is 19.5 Å². The molecule has 0 atom stereocenters. The minimum Gasteiger partial charge on any atom is -0.109 e. The first-order valence-corrected chi connectivity index (χ1v) is 3.60. The Labute approximate surface area is 84.3 Å². The Hall–Kier alpha value is 0.423. The molecule has 0 amide bonds. The summed E-state index contributed by atoms with van der Waals surface area (Å²) in [6.07, 6.45) is 0. The third-order valence-corrected chi connectivity index (χ3v) is 0.667. The van der Waals surface area contributed by atoms with Gasteiger partial charge in [0.2, 0.25) is 0 Å². The van der Waals surface area contributed by atoms with Crippen LogP contribution in [0.4, 0.5) is 0 Å². The zero-order valence-corrected chi connectivity index (χ0v) is 8.53. The zero-order valence-electron chi connectivity index (χ0n) is 5.28. The van der Waals surface area contributed by atoms with E-state index in [9.17, 15) is 0 Å². The monoisotopic (exact) mass is 264 g/mol. The second-order valence-corrected chi connectivity index (χ2v) is 2.06. The number of benzene rings is 1. The second kappa shape index (κ2) is 12.1. The van der Waals surface area contributed by atoms with Gasteiger partial charge in [0.1, 0.15) is 0 Å². The Morgan fingerprint density at radius 2 is 0.800 bits per heavy atom. The molecule has 0 N–H and O–H groups in total. The molecule has 0 aliphatic heterocycles. The molecule has 0 bridgehead atoms. The molecule has 0 saturated carbocycles. The van der Waals surface area contributed by atoms with Gasteiger partial charge in [-0.25, -0.2) is 0 Å². The van der Waals surface area contributed by atoms with Crippen LogP contribution in [0.3, 0.4) is 0 Å². The Morgan fingerprint density at radius 3 is 0.900 bits per heavy atom. The van der Waals surface area contributed by atoms with Crippen LogP contribution in [-0.2, 0) is 19.5 Å². The quantitative estimate of drug-likeness (QED) is 0.499. The summed E-state index contributed by atoms with van der Waals surface area (Å²) in [5.41, 5.74) is 0. The van der Waals surface area contributed by atoms with Crippen molar-refractivity contribution in [1.29, 1.82) is 0 Å². The molecule has 0 radical (unpaired) electrons. The minimum atomic E-state index is 0. The summed E-state index contributed by atoms with van der Waals surface area (Å²) in [5, 5.41) is 0.194. The molecule has 58 valence electrons. The van der Waals surface area contributed by atoms with Gasteiger partial charge in [-0.15, -0.1) is 23.2 Å². The van der Waals surface area contributed by atoms with Gasteiger partial charge in [-0.05, 0) is 0 Å². The molecule has 1 aromatic rings.